The average molecular weight is 184 g/mol. The van der Waals surface area contributed by atoms with Gasteiger partial charge in [-0.15, -0.1) is 0 Å². The van der Waals surface area contributed by atoms with Crippen LogP contribution in [-0.2, 0) is 9.53 Å². The van der Waals surface area contributed by atoms with Gasteiger partial charge in [-0.1, -0.05) is 0 Å². The average Bonchev–Trinajstić information content (AvgIpc) is 2.32. The van der Waals surface area contributed by atoms with Crippen LogP contribution in [0.2, 0.25) is 0 Å². The predicted octanol–water partition coefficient (Wildman–Crippen LogP) is 2.56. The summed E-state index contributed by atoms with van der Waals surface area (Å²) in [4.78, 5) is 10.7. The summed E-state index contributed by atoms with van der Waals surface area (Å²) in [5.74, 6) is 1.13. The Kier molecular flexibility index (Phi) is 5.06. The molecule has 13 heavy (non-hydrogen) atoms. The third kappa shape index (κ3) is 5.04. The van der Waals surface area contributed by atoms with Gasteiger partial charge in [-0.2, -0.15) is 0 Å². The molecule has 1 rings (SSSR count). The largest absolute Gasteiger partial charge is 0.381 e. The second kappa shape index (κ2) is 6.14. The van der Waals surface area contributed by atoms with E-state index in [0.717, 1.165) is 32.0 Å². The molecule has 1 atom stereocenters. The van der Waals surface area contributed by atoms with Crippen LogP contribution in [0.3, 0.4) is 0 Å². The zero-order valence-corrected chi connectivity index (χ0v) is 8.55. The minimum absolute atomic E-state index is 0.324. The lowest BCUT2D eigenvalue weighted by Gasteiger charge is -2.11. The highest BCUT2D eigenvalue weighted by molar-refractivity contribution is 5.75. The van der Waals surface area contributed by atoms with Crippen molar-refractivity contribution in [2.45, 2.75) is 45.4 Å². The van der Waals surface area contributed by atoms with E-state index in [4.69, 9.17) is 4.74 Å². The van der Waals surface area contributed by atoms with Crippen LogP contribution in [0.15, 0.2) is 0 Å². The Bertz CT molecular complexity index is 146. The van der Waals surface area contributed by atoms with Crippen LogP contribution in [0.25, 0.3) is 0 Å². The Morgan fingerprint density at radius 2 is 2.23 bits per heavy atom. The van der Waals surface area contributed by atoms with Crippen molar-refractivity contribution in [2.24, 2.45) is 5.92 Å². The van der Waals surface area contributed by atoms with Crippen LogP contribution in [0.4, 0.5) is 0 Å². The van der Waals surface area contributed by atoms with E-state index in [1.807, 2.05) is 0 Å². The molecule has 0 spiro atoms. The Morgan fingerprint density at radius 3 is 3.00 bits per heavy atom. The van der Waals surface area contributed by atoms with Crippen LogP contribution in [0.5, 0.6) is 0 Å². The van der Waals surface area contributed by atoms with E-state index in [9.17, 15) is 4.79 Å². The highest BCUT2D eigenvalue weighted by Crippen LogP contribution is 2.21. The third-order valence-corrected chi connectivity index (χ3v) is 2.71. The standard InChI is InChI=1S/C11H20O2/c1-10(12)4-2-5-11-6-3-8-13-9-7-11/h11H,2-9H2,1H3. The molecule has 1 saturated heterocycles. The molecule has 1 aliphatic rings. The first kappa shape index (κ1) is 10.7. The highest BCUT2D eigenvalue weighted by Gasteiger charge is 2.11. The molecule has 2 heteroatoms. The lowest BCUT2D eigenvalue weighted by atomic mass is 9.94. The summed E-state index contributed by atoms with van der Waals surface area (Å²) in [6.07, 6.45) is 6.72. The number of Topliss-reactive ketones (excluding diaryl/α,β-unsaturated/α-hetero) is 1. The molecule has 1 unspecified atom stereocenters. The first-order valence-electron chi connectivity index (χ1n) is 5.36. The van der Waals surface area contributed by atoms with Crippen LogP contribution in [0.1, 0.15) is 45.4 Å². The molecule has 0 radical (unpaired) electrons. The SMILES string of the molecule is CC(=O)CCCC1CCCOCC1. The molecule has 76 valence electrons. The van der Waals surface area contributed by atoms with Gasteiger partial charge in [0.15, 0.2) is 0 Å². The molecule has 0 aromatic heterocycles. The van der Waals surface area contributed by atoms with E-state index < -0.39 is 0 Å². The fraction of sp³-hybridized carbons (Fsp3) is 0.909. The fourth-order valence-corrected chi connectivity index (χ4v) is 1.90. The molecular weight excluding hydrogens is 164 g/mol. The molecule has 0 amide bonds. The van der Waals surface area contributed by atoms with Gasteiger partial charge in [0.1, 0.15) is 5.78 Å². The smallest absolute Gasteiger partial charge is 0.129 e. The van der Waals surface area contributed by atoms with Gasteiger partial charge in [0.05, 0.1) is 0 Å². The topological polar surface area (TPSA) is 26.3 Å². The van der Waals surface area contributed by atoms with Gasteiger partial charge in [0.25, 0.3) is 0 Å². The van der Waals surface area contributed by atoms with Crippen molar-refractivity contribution in [1.82, 2.24) is 0 Å². The van der Waals surface area contributed by atoms with Crippen molar-refractivity contribution in [2.75, 3.05) is 13.2 Å². The quantitative estimate of drug-likeness (QED) is 0.671. The van der Waals surface area contributed by atoms with Crippen LogP contribution in [-0.4, -0.2) is 19.0 Å². The van der Waals surface area contributed by atoms with E-state index >= 15 is 0 Å². The number of hydrogen-bond acceptors (Lipinski definition) is 2. The third-order valence-electron chi connectivity index (χ3n) is 2.71. The molecule has 1 fully saturated rings. The molecule has 0 saturated carbocycles. The molecule has 2 nitrogen and oxygen atoms in total. The Hall–Kier alpha value is -0.370. The van der Waals surface area contributed by atoms with Gasteiger partial charge in [-0.25, -0.2) is 0 Å². The zero-order chi connectivity index (χ0) is 9.52. The lowest BCUT2D eigenvalue weighted by molar-refractivity contribution is -0.117. The Balaban J connectivity index is 2.08. The Morgan fingerprint density at radius 1 is 1.38 bits per heavy atom. The monoisotopic (exact) mass is 184 g/mol. The van der Waals surface area contributed by atoms with E-state index in [1.165, 1.54) is 25.7 Å². The number of ketones is 1. The van der Waals surface area contributed by atoms with Crippen molar-refractivity contribution in [3.63, 3.8) is 0 Å². The zero-order valence-electron chi connectivity index (χ0n) is 8.55. The van der Waals surface area contributed by atoms with Gasteiger partial charge >= 0.3 is 0 Å². The molecular formula is C11H20O2. The van der Waals surface area contributed by atoms with E-state index in [0.29, 0.717) is 5.78 Å². The van der Waals surface area contributed by atoms with Gasteiger partial charge in [0.2, 0.25) is 0 Å². The maximum Gasteiger partial charge on any atom is 0.129 e. The predicted molar refractivity (Wildman–Crippen MR) is 52.7 cm³/mol. The van der Waals surface area contributed by atoms with Crippen LogP contribution < -0.4 is 0 Å². The summed E-state index contributed by atoms with van der Waals surface area (Å²) in [6, 6.07) is 0. The first-order valence-corrected chi connectivity index (χ1v) is 5.36. The summed E-state index contributed by atoms with van der Waals surface area (Å²) < 4.78 is 5.39. The maximum atomic E-state index is 10.7. The number of carbonyl (C=O) groups is 1. The molecule has 0 aromatic carbocycles. The molecule has 0 aliphatic carbocycles. The summed E-state index contributed by atoms with van der Waals surface area (Å²) in [5, 5.41) is 0. The van der Waals surface area contributed by atoms with Gasteiger partial charge < -0.3 is 9.53 Å². The number of hydrogen-bond donors (Lipinski definition) is 0. The number of rotatable bonds is 4. The van der Waals surface area contributed by atoms with Gasteiger partial charge in [0, 0.05) is 19.6 Å². The van der Waals surface area contributed by atoms with E-state index in [2.05, 4.69) is 0 Å². The van der Waals surface area contributed by atoms with Crippen molar-refractivity contribution >= 4 is 5.78 Å². The van der Waals surface area contributed by atoms with Crippen LogP contribution >= 0.6 is 0 Å². The second-order valence-corrected chi connectivity index (χ2v) is 4.00. The van der Waals surface area contributed by atoms with Gasteiger partial charge in [-0.3, -0.25) is 0 Å². The normalized spacial score (nSPS) is 23.9. The summed E-state index contributed by atoms with van der Waals surface area (Å²) in [6.45, 7) is 3.53. The number of carbonyl (C=O) groups excluding carboxylic acids is 1. The summed E-state index contributed by atoms with van der Waals surface area (Å²) >= 11 is 0. The summed E-state index contributed by atoms with van der Waals surface area (Å²) in [7, 11) is 0. The molecule has 0 bridgehead atoms. The van der Waals surface area contributed by atoms with E-state index in [1.54, 1.807) is 6.92 Å². The van der Waals surface area contributed by atoms with Crippen molar-refractivity contribution in [3.05, 3.63) is 0 Å². The molecule has 1 aliphatic heterocycles. The van der Waals surface area contributed by atoms with Crippen molar-refractivity contribution in [1.29, 1.82) is 0 Å². The second-order valence-electron chi connectivity index (χ2n) is 4.00. The van der Waals surface area contributed by atoms with Crippen LogP contribution in [0, 0.1) is 5.92 Å². The minimum Gasteiger partial charge on any atom is -0.381 e. The van der Waals surface area contributed by atoms with Crippen molar-refractivity contribution < 1.29 is 9.53 Å². The minimum atomic E-state index is 0.324. The van der Waals surface area contributed by atoms with Crippen molar-refractivity contribution in [3.8, 4) is 0 Å². The highest BCUT2D eigenvalue weighted by atomic mass is 16.5. The first-order chi connectivity index (χ1) is 6.29. The fourth-order valence-electron chi connectivity index (χ4n) is 1.90. The molecule has 1 heterocycles. The van der Waals surface area contributed by atoms with E-state index in [-0.39, 0.29) is 0 Å². The lowest BCUT2D eigenvalue weighted by Crippen LogP contribution is -2.02. The maximum absolute atomic E-state index is 10.7. The number of ether oxygens (including phenoxy) is 1. The molecule has 0 aromatic rings. The molecule has 0 N–H and O–H groups in total. The van der Waals surface area contributed by atoms with Gasteiger partial charge in [-0.05, 0) is 44.9 Å². The summed E-state index contributed by atoms with van der Waals surface area (Å²) in [5.41, 5.74) is 0. The Labute approximate surface area is 80.7 Å².